The van der Waals surface area contributed by atoms with Crippen LogP contribution in [0.15, 0.2) is 41.0 Å². The summed E-state index contributed by atoms with van der Waals surface area (Å²) >= 11 is 3.48. The summed E-state index contributed by atoms with van der Waals surface area (Å²) in [5.74, 6) is -4.20. The first-order valence-corrected chi connectivity index (χ1v) is 9.69. The second-order valence-corrected chi connectivity index (χ2v) is 7.32. The molecule has 0 unspecified atom stereocenters. The van der Waals surface area contributed by atoms with E-state index < -0.39 is 23.8 Å². The molecule has 1 aliphatic heterocycles. The number of rotatable bonds is 2. The quantitative estimate of drug-likeness (QED) is 0.429. The van der Waals surface area contributed by atoms with Crippen molar-refractivity contribution in [2.75, 3.05) is 6.54 Å². The second kappa shape index (κ2) is 9.07. The Morgan fingerprint density at radius 1 is 1.16 bits per heavy atom. The molecule has 168 valence electrons. The van der Waals surface area contributed by atoms with Crippen LogP contribution in [0.2, 0.25) is 0 Å². The highest BCUT2D eigenvalue weighted by atomic mass is 79.9. The molecule has 0 saturated carbocycles. The highest BCUT2D eigenvalue weighted by Crippen LogP contribution is 2.35. The Hall–Kier alpha value is -3.28. The lowest BCUT2D eigenvalue weighted by Gasteiger charge is -2.11. The molecule has 4 rings (SSSR count). The number of H-pyrrole nitrogens is 1. The number of nitrogens with one attached hydrogen (secondary N) is 2. The predicted octanol–water partition coefficient (Wildman–Crippen LogP) is 4.70. The van der Waals surface area contributed by atoms with Gasteiger partial charge in [-0.2, -0.15) is 13.2 Å². The first kappa shape index (κ1) is 23.4. The summed E-state index contributed by atoms with van der Waals surface area (Å²) in [6.07, 6.45) is -2.82. The molecule has 0 radical (unpaired) electrons. The van der Waals surface area contributed by atoms with Crippen LogP contribution in [0.3, 0.4) is 0 Å². The lowest BCUT2D eigenvalue weighted by molar-refractivity contribution is -0.192. The van der Waals surface area contributed by atoms with Crippen LogP contribution in [0.5, 0.6) is 0 Å². The van der Waals surface area contributed by atoms with Crippen LogP contribution in [-0.4, -0.2) is 39.7 Å². The summed E-state index contributed by atoms with van der Waals surface area (Å²) in [6, 6.07) is 6.86. The van der Waals surface area contributed by atoms with Crippen molar-refractivity contribution in [3.8, 4) is 22.5 Å². The van der Waals surface area contributed by atoms with E-state index in [4.69, 9.17) is 9.90 Å². The van der Waals surface area contributed by atoms with Crippen LogP contribution in [0.1, 0.15) is 16.1 Å². The SMILES string of the molecule is O=C(O)C(F)(F)F.O=C1NCCc2[nH]c(-c3ccnc(-c4ccc(F)cc4F)c3)c(Br)c21. The lowest BCUT2D eigenvalue weighted by Crippen LogP contribution is -2.31. The minimum atomic E-state index is -5.08. The van der Waals surface area contributed by atoms with E-state index in [1.54, 1.807) is 18.3 Å². The lowest BCUT2D eigenvalue weighted by atomic mass is 10.1. The number of halogens is 6. The number of carbonyl (C=O) groups is 2. The fraction of sp³-hybridized carbons (Fsp3) is 0.150. The number of carboxylic acids is 1. The second-order valence-electron chi connectivity index (χ2n) is 6.53. The normalized spacial score (nSPS) is 13.0. The Kier molecular flexibility index (Phi) is 6.63. The van der Waals surface area contributed by atoms with Gasteiger partial charge >= 0.3 is 12.1 Å². The highest BCUT2D eigenvalue weighted by Gasteiger charge is 2.38. The van der Waals surface area contributed by atoms with Crippen molar-refractivity contribution in [3.63, 3.8) is 0 Å². The molecule has 3 aromatic rings. The molecule has 12 heteroatoms. The maximum atomic E-state index is 14.0. The van der Waals surface area contributed by atoms with E-state index in [1.165, 1.54) is 12.1 Å². The maximum Gasteiger partial charge on any atom is 0.490 e. The number of amides is 1. The summed E-state index contributed by atoms with van der Waals surface area (Å²) in [5, 5.41) is 9.93. The summed E-state index contributed by atoms with van der Waals surface area (Å²) < 4.78 is 59.6. The molecule has 32 heavy (non-hydrogen) atoms. The van der Waals surface area contributed by atoms with E-state index in [9.17, 15) is 26.7 Å². The summed E-state index contributed by atoms with van der Waals surface area (Å²) in [7, 11) is 0. The van der Waals surface area contributed by atoms with E-state index >= 15 is 0 Å². The zero-order valence-corrected chi connectivity index (χ0v) is 17.4. The third-order valence-corrected chi connectivity index (χ3v) is 5.20. The number of fused-ring (bicyclic) bond motifs is 1. The van der Waals surface area contributed by atoms with Gasteiger partial charge < -0.3 is 15.4 Å². The van der Waals surface area contributed by atoms with E-state index in [0.29, 0.717) is 28.7 Å². The van der Waals surface area contributed by atoms with E-state index in [2.05, 4.69) is 31.2 Å². The molecule has 3 heterocycles. The molecule has 1 aliphatic rings. The zero-order chi connectivity index (χ0) is 23.6. The van der Waals surface area contributed by atoms with Crippen LogP contribution in [0.4, 0.5) is 22.0 Å². The van der Waals surface area contributed by atoms with Gasteiger partial charge in [0, 0.05) is 42.0 Å². The average molecular weight is 518 g/mol. The molecule has 6 nitrogen and oxygen atoms in total. The summed E-state index contributed by atoms with van der Waals surface area (Å²) in [4.78, 5) is 28.4. The van der Waals surface area contributed by atoms with E-state index in [1.807, 2.05) is 0 Å². The molecule has 2 aromatic heterocycles. The van der Waals surface area contributed by atoms with Crippen LogP contribution < -0.4 is 5.32 Å². The van der Waals surface area contributed by atoms with Crippen LogP contribution in [-0.2, 0) is 11.2 Å². The van der Waals surface area contributed by atoms with Gasteiger partial charge in [0.25, 0.3) is 5.91 Å². The Morgan fingerprint density at radius 2 is 1.84 bits per heavy atom. The number of pyridine rings is 1. The van der Waals surface area contributed by atoms with Gasteiger partial charge in [0.15, 0.2) is 0 Å². The molecule has 0 fully saturated rings. The number of aliphatic carboxylic acids is 1. The minimum absolute atomic E-state index is 0.130. The Bertz CT molecular complexity index is 1190. The minimum Gasteiger partial charge on any atom is -0.475 e. The number of hydrogen-bond donors (Lipinski definition) is 3. The number of carbonyl (C=O) groups excluding carboxylic acids is 1. The van der Waals surface area contributed by atoms with Crippen molar-refractivity contribution >= 4 is 27.8 Å². The van der Waals surface area contributed by atoms with Crippen molar-refractivity contribution in [2.24, 2.45) is 0 Å². The van der Waals surface area contributed by atoms with Gasteiger partial charge in [-0.1, -0.05) is 0 Å². The molecule has 3 N–H and O–H groups in total. The van der Waals surface area contributed by atoms with Crippen molar-refractivity contribution in [2.45, 2.75) is 12.6 Å². The molecule has 0 spiro atoms. The Labute approximate surface area is 185 Å². The Morgan fingerprint density at radius 3 is 2.44 bits per heavy atom. The zero-order valence-electron chi connectivity index (χ0n) is 15.9. The van der Waals surface area contributed by atoms with Crippen molar-refractivity contribution in [1.29, 1.82) is 0 Å². The van der Waals surface area contributed by atoms with Crippen molar-refractivity contribution in [3.05, 3.63) is 63.9 Å². The topological polar surface area (TPSA) is 95.1 Å². The van der Waals surface area contributed by atoms with E-state index in [0.717, 1.165) is 23.0 Å². The largest absolute Gasteiger partial charge is 0.490 e. The number of hydrogen-bond acceptors (Lipinski definition) is 3. The first-order valence-electron chi connectivity index (χ1n) is 8.89. The highest BCUT2D eigenvalue weighted by molar-refractivity contribution is 9.10. The first-order chi connectivity index (χ1) is 15.0. The number of carboxylic acid groups (broad SMARTS) is 1. The van der Waals surface area contributed by atoms with Gasteiger partial charge in [-0.3, -0.25) is 9.78 Å². The molecule has 0 saturated heterocycles. The van der Waals surface area contributed by atoms with E-state index in [-0.39, 0.29) is 11.5 Å². The smallest absolute Gasteiger partial charge is 0.475 e. The number of benzene rings is 1. The molecule has 1 aromatic carbocycles. The van der Waals surface area contributed by atoms with Gasteiger partial charge in [0.1, 0.15) is 11.6 Å². The fourth-order valence-electron chi connectivity index (χ4n) is 2.97. The third kappa shape index (κ3) is 4.96. The monoisotopic (exact) mass is 517 g/mol. The molecule has 0 aliphatic carbocycles. The maximum absolute atomic E-state index is 14.0. The van der Waals surface area contributed by atoms with Crippen LogP contribution in [0, 0.1) is 11.6 Å². The molecular formula is C20H13BrF5N3O3. The number of nitrogens with zero attached hydrogens (tertiary/aromatic N) is 1. The molecule has 1 amide bonds. The van der Waals surface area contributed by atoms with Gasteiger partial charge in [-0.05, 0) is 40.2 Å². The predicted molar refractivity (Wildman–Crippen MR) is 107 cm³/mol. The van der Waals surface area contributed by atoms with Crippen molar-refractivity contribution in [1.82, 2.24) is 15.3 Å². The molecule has 0 bridgehead atoms. The van der Waals surface area contributed by atoms with Gasteiger partial charge in [0.2, 0.25) is 0 Å². The van der Waals surface area contributed by atoms with Gasteiger partial charge in [-0.15, -0.1) is 0 Å². The number of aromatic nitrogens is 2. The van der Waals surface area contributed by atoms with Gasteiger partial charge in [0.05, 0.1) is 21.4 Å². The summed E-state index contributed by atoms with van der Waals surface area (Å²) in [6.45, 7) is 0.584. The average Bonchev–Trinajstić information content (AvgIpc) is 3.06. The summed E-state index contributed by atoms with van der Waals surface area (Å²) in [5.41, 5.74) is 3.54. The Balaban J connectivity index is 0.000000360. The van der Waals surface area contributed by atoms with Crippen molar-refractivity contribution < 1.29 is 36.6 Å². The fourth-order valence-corrected chi connectivity index (χ4v) is 3.72. The number of alkyl halides is 3. The molecular weight excluding hydrogens is 505 g/mol. The van der Waals surface area contributed by atoms with Gasteiger partial charge in [-0.25, -0.2) is 13.6 Å². The van der Waals surface area contributed by atoms with Crippen LogP contribution >= 0.6 is 15.9 Å². The number of aromatic amines is 1. The third-order valence-electron chi connectivity index (χ3n) is 4.40. The standard InChI is InChI=1S/C18H12BrF2N3O.C2HF3O2/c19-16-15-13(4-6-23-18(15)25)24-17(16)9-3-5-22-14(7-9)11-2-1-10(20)8-12(11)21;3-2(4,5)1(6)7/h1-3,5,7-8,24H,4,6H2,(H,23,25);(H,6,7). The van der Waals surface area contributed by atoms with Crippen LogP contribution in [0.25, 0.3) is 22.5 Å². The molecule has 0 atom stereocenters.